The fourth-order valence-corrected chi connectivity index (χ4v) is 2.97. The van der Waals surface area contributed by atoms with Gasteiger partial charge in [-0.25, -0.2) is 0 Å². The van der Waals surface area contributed by atoms with Gasteiger partial charge in [-0.2, -0.15) is 0 Å². The topological polar surface area (TPSA) is 3.24 Å². The lowest BCUT2D eigenvalue weighted by atomic mass is 10.0. The first-order valence-corrected chi connectivity index (χ1v) is 9.38. The van der Waals surface area contributed by atoms with Crippen LogP contribution < -0.4 is 0 Å². The van der Waals surface area contributed by atoms with E-state index in [-0.39, 0.29) is 0 Å². The minimum absolute atomic E-state index is 0.823. The lowest BCUT2D eigenvalue weighted by molar-refractivity contribution is 0.253. The molecule has 0 fully saturated rings. The second-order valence-electron chi connectivity index (χ2n) is 6.73. The SMILES string of the molecule is CCCCCCCCCCCCC(CCCC)N(C)C. The molecule has 0 aliphatic carbocycles. The molecule has 0 radical (unpaired) electrons. The molecular weight excluding hydrogens is 242 g/mol. The summed E-state index contributed by atoms with van der Waals surface area (Å²) in [5.41, 5.74) is 0. The molecule has 0 saturated carbocycles. The molecule has 0 saturated heterocycles. The van der Waals surface area contributed by atoms with Crippen LogP contribution in [0.1, 0.15) is 104 Å². The van der Waals surface area contributed by atoms with Crippen molar-refractivity contribution in [3.63, 3.8) is 0 Å². The van der Waals surface area contributed by atoms with E-state index in [2.05, 4.69) is 32.8 Å². The normalized spacial score (nSPS) is 13.1. The van der Waals surface area contributed by atoms with E-state index in [0.717, 1.165) is 6.04 Å². The second-order valence-corrected chi connectivity index (χ2v) is 6.73. The summed E-state index contributed by atoms with van der Waals surface area (Å²) in [6.07, 6.45) is 20.0. The molecular formula is C19H41N. The van der Waals surface area contributed by atoms with Crippen LogP contribution in [-0.2, 0) is 0 Å². The third-order valence-corrected chi connectivity index (χ3v) is 4.51. The summed E-state index contributed by atoms with van der Waals surface area (Å²) in [5, 5.41) is 0. The first-order chi connectivity index (χ1) is 9.72. The Kier molecular flexibility index (Phi) is 15.3. The van der Waals surface area contributed by atoms with Gasteiger partial charge in [0, 0.05) is 6.04 Å². The standard InChI is InChI=1S/C19H41N/c1-5-7-9-10-11-12-13-14-15-16-18-19(20(3)4)17-8-6-2/h19H,5-18H2,1-4H3. The first kappa shape index (κ1) is 20.0. The molecule has 1 nitrogen and oxygen atoms in total. The van der Waals surface area contributed by atoms with E-state index in [1.807, 2.05) is 0 Å². The molecule has 122 valence electrons. The third kappa shape index (κ3) is 13.0. The summed E-state index contributed by atoms with van der Waals surface area (Å²) < 4.78 is 0. The van der Waals surface area contributed by atoms with E-state index in [1.54, 1.807) is 0 Å². The van der Waals surface area contributed by atoms with E-state index < -0.39 is 0 Å². The van der Waals surface area contributed by atoms with Gasteiger partial charge < -0.3 is 4.90 Å². The lowest BCUT2D eigenvalue weighted by Gasteiger charge is -2.24. The highest BCUT2D eigenvalue weighted by molar-refractivity contribution is 4.66. The summed E-state index contributed by atoms with van der Waals surface area (Å²) in [4.78, 5) is 2.43. The molecule has 20 heavy (non-hydrogen) atoms. The van der Waals surface area contributed by atoms with Gasteiger partial charge in [0.25, 0.3) is 0 Å². The lowest BCUT2D eigenvalue weighted by Crippen LogP contribution is -2.27. The van der Waals surface area contributed by atoms with Crippen molar-refractivity contribution in [3.05, 3.63) is 0 Å². The van der Waals surface area contributed by atoms with Crippen LogP contribution in [0.25, 0.3) is 0 Å². The molecule has 1 unspecified atom stereocenters. The molecule has 0 bridgehead atoms. The third-order valence-electron chi connectivity index (χ3n) is 4.51. The van der Waals surface area contributed by atoms with Crippen LogP contribution in [0.2, 0.25) is 0 Å². The smallest absolute Gasteiger partial charge is 0.00891 e. The fourth-order valence-electron chi connectivity index (χ4n) is 2.97. The minimum Gasteiger partial charge on any atom is -0.306 e. The van der Waals surface area contributed by atoms with Crippen LogP contribution in [0.15, 0.2) is 0 Å². The zero-order valence-electron chi connectivity index (χ0n) is 14.9. The Morgan fingerprint density at radius 1 is 0.550 bits per heavy atom. The van der Waals surface area contributed by atoms with Gasteiger partial charge in [0.05, 0.1) is 0 Å². The predicted octanol–water partition coefficient (Wildman–Crippen LogP) is 6.42. The number of rotatable bonds is 15. The summed E-state index contributed by atoms with van der Waals surface area (Å²) in [6, 6.07) is 0.823. The van der Waals surface area contributed by atoms with Gasteiger partial charge in [-0.05, 0) is 26.9 Å². The Labute approximate surface area is 129 Å². The molecule has 0 rings (SSSR count). The van der Waals surface area contributed by atoms with Crippen LogP contribution in [0, 0.1) is 0 Å². The van der Waals surface area contributed by atoms with Crippen LogP contribution in [0.3, 0.4) is 0 Å². The van der Waals surface area contributed by atoms with Crippen molar-refractivity contribution < 1.29 is 0 Å². The zero-order chi connectivity index (χ0) is 15.1. The van der Waals surface area contributed by atoms with Crippen LogP contribution >= 0.6 is 0 Å². The van der Waals surface area contributed by atoms with Crippen LogP contribution in [0.5, 0.6) is 0 Å². The van der Waals surface area contributed by atoms with E-state index in [4.69, 9.17) is 0 Å². The van der Waals surface area contributed by atoms with Gasteiger partial charge in [-0.3, -0.25) is 0 Å². The monoisotopic (exact) mass is 283 g/mol. The molecule has 0 amide bonds. The fraction of sp³-hybridized carbons (Fsp3) is 1.00. The van der Waals surface area contributed by atoms with Crippen molar-refractivity contribution in [2.24, 2.45) is 0 Å². The second kappa shape index (κ2) is 15.4. The number of unbranched alkanes of at least 4 members (excludes halogenated alkanes) is 10. The zero-order valence-corrected chi connectivity index (χ0v) is 14.9. The van der Waals surface area contributed by atoms with Gasteiger partial charge in [0.15, 0.2) is 0 Å². The molecule has 0 aromatic carbocycles. The van der Waals surface area contributed by atoms with Gasteiger partial charge in [0.2, 0.25) is 0 Å². The Morgan fingerprint density at radius 3 is 1.40 bits per heavy atom. The molecule has 0 aliphatic rings. The number of nitrogens with zero attached hydrogens (tertiary/aromatic N) is 1. The Balaban J connectivity index is 3.32. The highest BCUT2D eigenvalue weighted by Gasteiger charge is 2.09. The average Bonchev–Trinajstić information content (AvgIpc) is 2.43. The number of hydrogen-bond donors (Lipinski definition) is 0. The van der Waals surface area contributed by atoms with E-state index in [0.29, 0.717) is 0 Å². The van der Waals surface area contributed by atoms with E-state index in [9.17, 15) is 0 Å². The average molecular weight is 284 g/mol. The van der Waals surface area contributed by atoms with Crippen molar-refractivity contribution in [1.82, 2.24) is 4.90 Å². The van der Waals surface area contributed by atoms with Gasteiger partial charge in [-0.15, -0.1) is 0 Å². The van der Waals surface area contributed by atoms with Crippen molar-refractivity contribution in [3.8, 4) is 0 Å². The Morgan fingerprint density at radius 2 is 0.950 bits per heavy atom. The molecule has 0 heterocycles. The molecule has 0 aliphatic heterocycles. The van der Waals surface area contributed by atoms with Gasteiger partial charge in [-0.1, -0.05) is 90.9 Å². The largest absolute Gasteiger partial charge is 0.306 e. The highest BCUT2D eigenvalue weighted by Crippen LogP contribution is 2.16. The van der Waals surface area contributed by atoms with Crippen molar-refractivity contribution in [1.29, 1.82) is 0 Å². The minimum atomic E-state index is 0.823. The highest BCUT2D eigenvalue weighted by atomic mass is 15.1. The summed E-state index contributed by atoms with van der Waals surface area (Å²) in [5.74, 6) is 0. The summed E-state index contributed by atoms with van der Waals surface area (Å²) >= 11 is 0. The molecule has 0 N–H and O–H groups in total. The maximum absolute atomic E-state index is 2.43. The van der Waals surface area contributed by atoms with Crippen molar-refractivity contribution >= 4 is 0 Å². The van der Waals surface area contributed by atoms with Crippen molar-refractivity contribution in [2.45, 2.75) is 110 Å². The summed E-state index contributed by atoms with van der Waals surface area (Å²) in [6.45, 7) is 4.59. The van der Waals surface area contributed by atoms with Crippen LogP contribution in [-0.4, -0.2) is 25.0 Å². The quantitative estimate of drug-likeness (QED) is 0.313. The molecule has 1 atom stereocenters. The molecule has 0 spiro atoms. The maximum Gasteiger partial charge on any atom is 0.00891 e. The molecule has 0 aromatic heterocycles. The Bertz CT molecular complexity index is 177. The number of hydrogen-bond acceptors (Lipinski definition) is 1. The Hall–Kier alpha value is -0.0400. The maximum atomic E-state index is 2.43. The van der Waals surface area contributed by atoms with E-state index in [1.165, 1.54) is 89.9 Å². The summed E-state index contributed by atoms with van der Waals surface area (Å²) in [7, 11) is 4.49. The molecule has 1 heteroatoms. The molecule has 0 aromatic rings. The van der Waals surface area contributed by atoms with Crippen LogP contribution in [0.4, 0.5) is 0 Å². The van der Waals surface area contributed by atoms with Gasteiger partial charge in [0.1, 0.15) is 0 Å². The first-order valence-electron chi connectivity index (χ1n) is 9.38. The van der Waals surface area contributed by atoms with E-state index >= 15 is 0 Å². The predicted molar refractivity (Wildman–Crippen MR) is 93.5 cm³/mol. The van der Waals surface area contributed by atoms with Gasteiger partial charge >= 0.3 is 0 Å². The van der Waals surface area contributed by atoms with Crippen molar-refractivity contribution in [2.75, 3.05) is 14.1 Å².